The van der Waals surface area contributed by atoms with E-state index in [1.807, 2.05) is 24.4 Å². The van der Waals surface area contributed by atoms with Crippen LogP contribution in [0.3, 0.4) is 0 Å². The predicted molar refractivity (Wildman–Crippen MR) is 124 cm³/mol. The first-order valence-corrected chi connectivity index (χ1v) is 11.8. The summed E-state index contributed by atoms with van der Waals surface area (Å²) >= 11 is 1.30. The Morgan fingerprint density at radius 2 is 1.94 bits per heavy atom. The van der Waals surface area contributed by atoms with Gasteiger partial charge >= 0.3 is 5.97 Å². The molecule has 31 heavy (non-hydrogen) atoms. The number of rotatable bonds is 8. The van der Waals surface area contributed by atoms with E-state index < -0.39 is 5.97 Å². The lowest BCUT2D eigenvalue weighted by Gasteiger charge is -2.46. The highest BCUT2D eigenvalue weighted by molar-refractivity contribution is 7.12. The number of anilines is 1. The topological polar surface area (TPSA) is 64.6 Å². The summed E-state index contributed by atoms with van der Waals surface area (Å²) in [5, 5.41) is 4.97. The first kappa shape index (κ1) is 23.3. The van der Waals surface area contributed by atoms with E-state index in [1.54, 1.807) is 7.11 Å². The number of hydrogen-bond acceptors (Lipinski definition) is 5. The molecule has 1 aromatic heterocycles. The lowest BCUT2D eigenvalue weighted by Crippen LogP contribution is -2.61. The van der Waals surface area contributed by atoms with Crippen molar-refractivity contribution < 1.29 is 23.5 Å². The Morgan fingerprint density at radius 1 is 1.19 bits per heavy atom. The van der Waals surface area contributed by atoms with Crippen molar-refractivity contribution in [2.45, 2.75) is 52.1 Å². The summed E-state index contributed by atoms with van der Waals surface area (Å²) < 4.78 is 11.0. The molecule has 0 aliphatic carbocycles. The lowest BCUT2D eigenvalue weighted by atomic mass is 9.98. The molecule has 2 aromatic rings. The van der Waals surface area contributed by atoms with Crippen LogP contribution in [0.2, 0.25) is 0 Å². The summed E-state index contributed by atoms with van der Waals surface area (Å²) in [7, 11) is 3.04. The van der Waals surface area contributed by atoms with E-state index in [0.29, 0.717) is 10.6 Å². The van der Waals surface area contributed by atoms with Gasteiger partial charge in [0, 0.05) is 12.0 Å². The van der Waals surface area contributed by atoms with E-state index in [-0.39, 0.29) is 11.9 Å². The standard InChI is InChI=1S/C24H32N2O4S/c1-5-20(23(27)25-21-17(2)16-31-22(21)24(28)30-4)26(12-7-6-8-13-26)15-18-10-9-11-19(14-18)29-3/h9-11,14,16,20H,5-8,12-13,15H2,1-4H3/p+1. The number of benzene rings is 1. The van der Waals surface area contributed by atoms with Crippen LogP contribution >= 0.6 is 11.3 Å². The molecule has 1 N–H and O–H groups in total. The van der Waals surface area contributed by atoms with E-state index in [0.717, 1.165) is 54.7 Å². The molecule has 1 aromatic carbocycles. The average Bonchev–Trinajstić information content (AvgIpc) is 3.14. The van der Waals surface area contributed by atoms with Crippen molar-refractivity contribution in [3.63, 3.8) is 0 Å². The molecular formula is C24H33N2O4S+. The minimum absolute atomic E-state index is 0.0288. The lowest BCUT2D eigenvalue weighted by molar-refractivity contribution is -0.959. The van der Waals surface area contributed by atoms with Gasteiger partial charge in [0.2, 0.25) is 0 Å². The number of esters is 1. The number of nitrogens with one attached hydrogen (secondary N) is 1. The molecule has 0 bridgehead atoms. The first-order chi connectivity index (χ1) is 14.9. The minimum Gasteiger partial charge on any atom is -0.497 e. The quantitative estimate of drug-likeness (QED) is 0.470. The normalized spacial score (nSPS) is 16.4. The molecule has 1 amide bonds. The van der Waals surface area contributed by atoms with Crippen LogP contribution in [0.15, 0.2) is 29.6 Å². The number of aryl methyl sites for hydroxylation is 1. The second-order valence-electron chi connectivity index (χ2n) is 8.26. The Morgan fingerprint density at radius 3 is 2.58 bits per heavy atom. The fourth-order valence-electron chi connectivity index (χ4n) is 4.73. The van der Waals surface area contributed by atoms with Crippen molar-refractivity contribution in [3.05, 3.63) is 45.6 Å². The molecule has 1 aliphatic rings. The van der Waals surface area contributed by atoms with Gasteiger partial charge in [-0.1, -0.05) is 19.1 Å². The molecule has 1 aliphatic heterocycles. The highest BCUT2D eigenvalue weighted by Gasteiger charge is 2.42. The summed E-state index contributed by atoms with van der Waals surface area (Å²) in [6.45, 7) is 6.70. The third kappa shape index (κ3) is 5.10. The second-order valence-corrected chi connectivity index (χ2v) is 9.14. The van der Waals surface area contributed by atoms with Gasteiger partial charge in [0.05, 0.1) is 33.0 Å². The molecule has 2 heterocycles. The Labute approximate surface area is 188 Å². The van der Waals surface area contributed by atoms with Crippen molar-refractivity contribution in [2.24, 2.45) is 0 Å². The molecule has 6 nitrogen and oxygen atoms in total. The summed E-state index contributed by atoms with van der Waals surface area (Å²) in [6, 6.07) is 7.93. The fourth-order valence-corrected chi connectivity index (χ4v) is 5.65. The SMILES string of the molecule is CCC(C(=O)Nc1c(C)csc1C(=O)OC)[N+]1(Cc2cccc(OC)c2)CCCCC1. The van der Waals surface area contributed by atoms with Crippen LogP contribution < -0.4 is 10.1 Å². The molecule has 0 spiro atoms. The number of piperidine rings is 1. The maximum absolute atomic E-state index is 13.6. The Balaban J connectivity index is 1.90. The van der Waals surface area contributed by atoms with Gasteiger partial charge in [0.1, 0.15) is 17.2 Å². The highest BCUT2D eigenvalue weighted by atomic mass is 32.1. The van der Waals surface area contributed by atoms with Crippen molar-refractivity contribution in [1.29, 1.82) is 0 Å². The summed E-state index contributed by atoms with van der Waals surface area (Å²) in [4.78, 5) is 26.2. The fraction of sp³-hybridized carbons (Fsp3) is 0.500. The van der Waals surface area contributed by atoms with Gasteiger partial charge in [0.25, 0.3) is 5.91 Å². The van der Waals surface area contributed by atoms with Gasteiger partial charge in [-0.15, -0.1) is 11.3 Å². The van der Waals surface area contributed by atoms with Crippen LogP contribution in [0.25, 0.3) is 0 Å². The van der Waals surface area contributed by atoms with Crippen molar-refractivity contribution >= 4 is 28.9 Å². The number of thiophene rings is 1. The molecule has 0 radical (unpaired) electrons. The first-order valence-electron chi connectivity index (χ1n) is 10.9. The Kier molecular flexibility index (Phi) is 7.73. The predicted octanol–water partition coefficient (Wildman–Crippen LogP) is 4.77. The van der Waals surface area contributed by atoms with Gasteiger partial charge < -0.3 is 19.3 Å². The smallest absolute Gasteiger partial charge is 0.350 e. The third-order valence-corrected chi connectivity index (χ3v) is 7.36. The van der Waals surface area contributed by atoms with Gasteiger partial charge in [-0.25, -0.2) is 4.79 Å². The number of nitrogens with zero attached hydrogens (tertiary/aromatic N) is 1. The number of hydrogen-bond donors (Lipinski definition) is 1. The number of carbonyl (C=O) groups is 2. The van der Waals surface area contributed by atoms with Crippen LogP contribution in [0.4, 0.5) is 5.69 Å². The van der Waals surface area contributed by atoms with Crippen LogP contribution in [-0.2, 0) is 16.1 Å². The van der Waals surface area contributed by atoms with Gasteiger partial charge in [0.15, 0.2) is 6.04 Å². The number of ether oxygens (including phenoxy) is 2. The number of amides is 1. The third-order valence-electron chi connectivity index (χ3n) is 6.28. The largest absolute Gasteiger partial charge is 0.497 e. The number of quaternary nitrogens is 1. The zero-order valence-electron chi connectivity index (χ0n) is 18.9. The Hall–Kier alpha value is -2.38. The van der Waals surface area contributed by atoms with E-state index in [2.05, 4.69) is 24.4 Å². The van der Waals surface area contributed by atoms with Crippen LogP contribution in [0, 0.1) is 6.92 Å². The van der Waals surface area contributed by atoms with Crippen LogP contribution in [0.1, 0.15) is 53.4 Å². The van der Waals surface area contributed by atoms with Gasteiger partial charge in [-0.3, -0.25) is 4.79 Å². The molecule has 168 valence electrons. The molecule has 3 rings (SSSR count). The van der Waals surface area contributed by atoms with E-state index >= 15 is 0 Å². The van der Waals surface area contributed by atoms with Gasteiger partial charge in [-0.2, -0.15) is 0 Å². The van der Waals surface area contributed by atoms with Gasteiger partial charge in [-0.05, 0) is 49.3 Å². The monoisotopic (exact) mass is 445 g/mol. The van der Waals surface area contributed by atoms with Crippen molar-refractivity contribution in [2.75, 3.05) is 32.6 Å². The number of likely N-dealkylation sites (tertiary alicyclic amines) is 1. The maximum Gasteiger partial charge on any atom is 0.350 e. The molecular weight excluding hydrogens is 412 g/mol. The minimum atomic E-state index is -0.417. The zero-order chi connectivity index (χ0) is 22.4. The van der Waals surface area contributed by atoms with Crippen LogP contribution in [-0.4, -0.2) is 49.7 Å². The molecule has 1 unspecified atom stereocenters. The van der Waals surface area contributed by atoms with Crippen molar-refractivity contribution in [3.8, 4) is 5.75 Å². The Bertz CT molecular complexity index is 918. The van der Waals surface area contributed by atoms with Crippen LogP contribution in [0.5, 0.6) is 5.75 Å². The molecule has 1 fully saturated rings. The molecule has 1 atom stereocenters. The average molecular weight is 446 g/mol. The van der Waals surface area contributed by atoms with Crippen molar-refractivity contribution in [1.82, 2.24) is 0 Å². The van der Waals surface area contributed by atoms with E-state index in [4.69, 9.17) is 9.47 Å². The molecule has 7 heteroatoms. The zero-order valence-corrected chi connectivity index (χ0v) is 19.7. The highest BCUT2D eigenvalue weighted by Crippen LogP contribution is 2.32. The molecule has 0 saturated carbocycles. The second kappa shape index (κ2) is 10.3. The summed E-state index contributed by atoms with van der Waals surface area (Å²) in [5.74, 6) is 0.389. The summed E-state index contributed by atoms with van der Waals surface area (Å²) in [5.41, 5.74) is 2.64. The number of carbonyl (C=O) groups excluding carboxylic acids is 2. The van der Waals surface area contributed by atoms with E-state index in [1.165, 1.54) is 30.4 Å². The molecule has 1 saturated heterocycles. The van der Waals surface area contributed by atoms with E-state index in [9.17, 15) is 9.59 Å². The maximum atomic E-state index is 13.6. The summed E-state index contributed by atoms with van der Waals surface area (Å²) in [6.07, 6.45) is 4.15. The number of methoxy groups -OCH3 is 2.